The van der Waals surface area contributed by atoms with Gasteiger partial charge >= 0.3 is 171 Å². The zero-order chi connectivity index (χ0) is 18.9. The van der Waals surface area contributed by atoms with Crippen molar-refractivity contribution >= 4 is 0 Å². The molecular weight excluding hydrogens is 455 g/mol. The minimum Gasteiger partial charge on any atom is -1.00 e. The Labute approximate surface area is 207 Å². The van der Waals surface area contributed by atoms with Gasteiger partial charge in [-0.05, 0) is 0 Å². The van der Waals surface area contributed by atoms with Crippen LogP contribution in [0.5, 0.6) is 0 Å². The minimum atomic E-state index is -0.132. The molecule has 2 aromatic rings. The van der Waals surface area contributed by atoms with E-state index in [0.717, 1.165) is 6.42 Å². The molecule has 0 heterocycles. The zero-order valence-electron chi connectivity index (χ0n) is 17.8. The normalized spacial score (nSPS) is 14.0. The van der Waals surface area contributed by atoms with Crippen LogP contribution in [-0.2, 0) is 25.9 Å². The van der Waals surface area contributed by atoms with Gasteiger partial charge in [-0.3, -0.25) is 0 Å². The molecule has 0 saturated carbocycles. The summed E-state index contributed by atoms with van der Waals surface area (Å²) in [6.45, 7) is 11.8. The Bertz CT molecular complexity index is 792. The van der Waals surface area contributed by atoms with E-state index in [9.17, 15) is 0 Å². The summed E-state index contributed by atoms with van der Waals surface area (Å²) in [6.07, 6.45) is 3.50. The molecule has 0 amide bonds. The van der Waals surface area contributed by atoms with Gasteiger partial charge in [0.15, 0.2) is 0 Å². The van der Waals surface area contributed by atoms with Crippen molar-refractivity contribution < 1.29 is 57.7 Å². The molecule has 154 valence electrons. The summed E-state index contributed by atoms with van der Waals surface area (Å²) in [6, 6.07) is 22.2. The number of benzene rings is 2. The molecule has 3 rings (SSSR count). The smallest absolute Gasteiger partial charge is 1.00 e. The number of halogens is 3. The van der Waals surface area contributed by atoms with Gasteiger partial charge in [-0.2, -0.15) is 0 Å². The quantitative estimate of drug-likeness (QED) is 0.434. The summed E-state index contributed by atoms with van der Waals surface area (Å²) in [5.41, 5.74) is 5.78. The van der Waals surface area contributed by atoms with Gasteiger partial charge in [0.05, 0.1) is 0 Å². The van der Waals surface area contributed by atoms with Crippen LogP contribution in [0.25, 0.3) is 0 Å². The largest absolute Gasteiger partial charge is 1.00 e. The molecule has 0 bridgehead atoms. The molecule has 4 heteroatoms. The maximum atomic E-state index is 2.46. The third-order valence-corrected chi connectivity index (χ3v) is 6.65. The SMILES string of the molecule is CC(C)C1=CCC(C(c2ccccc2)(c2ccccc2)C(C)(C)C)=[C]1[Ti+3].[Cl-].[Cl-].[Cl-]. The van der Waals surface area contributed by atoms with Crippen molar-refractivity contribution in [3.8, 4) is 0 Å². The third kappa shape index (κ3) is 5.05. The van der Waals surface area contributed by atoms with E-state index in [0.29, 0.717) is 5.92 Å². The molecule has 29 heavy (non-hydrogen) atoms. The van der Waals surface area contributed by atoms with Crippen LogP contribution >= 0.6 is 0 Å². The second kappa shape index (κ2) is 11.2. The van der Waals surface area contributed by atoms with Crippen LogP contribution in [0.15, 0.2) is 81.8 Å². The first-order valence-electron chi connectivity index (χ1n) is 9.57. The Kier molecular flexibility index (Phi) is 11.0. The average molecular weight is 484 g/mol. The fourth-order valence-corrected chi connectivity index (χ4v) is 5.73. The second-order valence-electron chi connectivity index (χ2n) is 8.60. The summed E-state index contributed by atoms with van der Waals surface area (Å²) in [4.78, 5) is 0. The predicted molar refractivity (Wildman–Crippen MR) is 108 cm³/mol. The van der Waals surface area contributed by atoms with Crippen molar-refractivity contribution in [2.24, 2.45) is 11.3 Å². The summed E-state index contributed by atoms with van der Waals surface area (Å²) < 4.78 is 1.49. The van der Waals surface area contributed by atoms with Gasteiger partial charge in [-0.1, -0.05) is 0 Å². The Morgan fingerprint density at radius 3 is 1.48 bits per heavy atom. The van der Waals surface area contributed by atoms with Gasteiger partial charge in [-0.25, -0.2) is 0 Å². The van der Waals surface area contributed by atoms with Crippen molar-refractivity contribution in [2.75, 3.05) is 0 Å². The molecule has 0 aliphatic heterocycles. The van der Waals surface area contributed by atoms with Crippen molar-refractivity contribution in [2.45, 2.75) is 46.5 Å². The molecular formula is C25H29Cl3Ti. The number of rotatable bonds is 4. The Morgan fingerprint density at radius 2 is 1.17 bits per heavy atom. The molecule has 0 aromatic heterocycles. The summed E-state index contributed by atoms with van der Waals surface area (Å²) >= 11 is 2.33. The predicted octanol–water partition coefficient (Wildman–Crippen LogP) is -2.18. The fraction of sp³-hybridized carbons (Fsp3) is 0.360. The molecule has 1 aliphatic carbocycles. The van der Waals surface area contributed by atoms with E-state index >= 15 is 0 Å². The zero-order valence-corrected chi connectivity index (χ0v) is 21.6. The maximum Gasteiger partial charge on any atom is -1.00 e. The molecule has 0 radical (unpaired) electrons. The Balaban J connectivity index is 0.00000261. The summed E-state index contributed by atoms with van der Waals surface area (Å²) in [7, 11) is 0. The van der Waals surface area contributed by atoms with E-state index in [-0.39, 0.29) is 48.1 Å². The molecule has 1 aliphatic rings. The van der Waals surface area contributed by atoms with E-state index < -0.39 is 0 Å². The molecule has 0 saturated heterocycles. The standard InChI is InChI=1S/C25H29.3ClH.Ti/c1-19(2)20-16-17-23(18-20)25(24(3,4)5,21-12-8-6-9-13-21)22-14-10-7-11-15-22;;;;/h6-16,19H,17H2,1-5H3;3*1H;/q;;;;+3/p-3. The van der Waals surface area contributed by atoms with Crippen molar-refractivity contribution in [3.05, 3.63) is 92.9 Å². The molecule has 0 fully saturated rings. The van der Waals surface area contributed by atoms with Crippen LogP contribution in [-0.4, -0.2) is 0 Å². The summed E-state index contributed by atoms with van der Waals surface area (Å²) in [5.74, 6) is 0.566. The van der Waals surface area contributed by atoms with Crippen LogP contribution in [0.4, 0.5) is 0 Å². The van der Waals surface area contributed by atoms with E-state index in [2.05, 4.69) is 122 Å². The average Bonchev–Trinajstić information content (AvgIpc) is 2.98. The minimum absolute atomic E-state index is 0. The number of allylic oxidation sites excluding steroid dienone is 4. The molecule has 0 nitrogen and oxygen atoms in total. The second-order valence-corrected chi connectivity index (χ2v) is 9.38. The van der Waals surface area contributed by atoms with Crippen LogP contribution in [0.2, 0.25) is 0 Å². The topological polar surface area (TPSA) is 0 Å². The van der Waals surface area contributed by atoms with Crippen LogP contribution in [0.1, 0.15) is 52.2 Å². The van der Waals surface area contributed by atoms with Crippen molar-refractivity contribution in [1.82, 2.24) is 0 Å². The molecule has 0 spiro atoms. The van der Waals surface area contributed by atoms with E-state index in [4.69, 9.17) is 0 Å². The molecule has 0 atom stereocenters. The van der Waals surface area contributed by atoms with Crippen LogP contribution in [0, 0.1) is 11.3 Å². The van der Waals surface area contributed by atoms with Gasteiger partial charge < -0.3 is 37.2 Å². The summed E-state index contributed by atoms with van der Waals surface area (Å²) in [5, 5.41) is 0. The first-order chi connectivity index (χ1) is 12.3. The fourth-order valence-electron chi connectivity index (χ4n) is 4.67. The first-order valence-corrected chi connectivity index (χ1v) is 10.3. The van der Waals surface area contributed by atoms with Crippen molar-refractivity contribution in [3.63, 3.8) is 0 Å². The van der Waals surface area contributed by atoms with Gasteiger partial charge in [-0.15, -0.1) is 0 Å². The Hall–Kier alpha value is -0.496. The number of hydrogen-bond donors (Lipinski definition) is 0. The molecule has 0 N–H and O–H groups in total. The van der Waals surface area contributed by atoms with Crippen LogP contribution in [0.3, 0.4) is 0 Å². The van der Waals surface area contributed by atoms with Gasteiger partial charge in [0, 0.05) is 0 Å². The van der Waals surface area contributed by atoms with E-state index in [1.165, 1.54) is 20.6 Å². The van der Waals surface area contributed by atoms with Gasteiger partial charge in [0.25, 0.3) is 0 Å². The Morgan fingerprint density at radius 1 is 0.759 bits per heavy atom. The monoisotopic (exact) mass is 482 g/mol. The van der Waals surface area contributed by atoms with Crippen LogP contribution < -0.4 is 37.2 Å². The molecule has 2 aromatic carbocycles. The van der Waals surface area contributed by atoms with Gasteiger partial charge in [0.1, 0.15) is 0 Å². The first kappa shape index (κ1) is 28.5. The third-order valence-electron chi connectivity index (χ3n) is 5.73. The molecule has 0 unspecified atom stereocenters. The van der Waals surface area contributed by atoms with Gasteiger partial charge in [0.2, 0.25) is 0 Å². The van der Waals surface area contributed by atoms with Crippen molar-refractivity contribution in [1.29, 1.82) is 0 Å². The maximum absolute atomic E-state index is 2.46. The van der Waals surface area contributed by atoms with E-state index in [1.54, 1.807) is 5.57 Å². The van der Waals surface area contributed by atoms with E-state index in [1.807, 2.05) is 0 Å². The number of hydrogen-bond acceptors (Lipinski definition) is 0.